The molecule has 1 N–H and O–H groups in total. The largest absolute Gasteiger partial charge is 0.479 e. The van der Waals surface area contributed by atoms with Gasteiger partial charge in [-0.15, -0.1) is 0 Å². The Labute approximate surface area is 128 Å². The number of nitrogens with zero attached hydrogens (tertiary/aromatic N) is 2. The van der Waals surface area contributed by atoms with E-state index in [2.05, 4.69) is 4.72 Å². The average Bonchev–Trinajstić information content (AvgIpc) is 2.54. The fourth-order valence-corrected chi connectivity index (χ4v) is 2.79. The summed E-state index contributed by atoms with van der Waals surface area (Å²) in [6, 6.07) is 15.6. The standard InChI is InChI=1S/C15H11N3O3S/c16-8-9-21-14-6-4-13(5-7-14)18-22(19,20)15-3-1-2-12(10-15)11-17/h1-7,10,18H,9H2. The summed E-state index contributed by atoms with van der Waals surface area (Å²) in [6.45, 7) is -0.0774. The Morgan fingerprint density at radius 2 is 1.82 bits per heavy atom. The van der Waals surface area contributed by atoms with Gasteiger partial charge in [0.1, 0.15) is 11.8 Å². The molecule has 0 aromatic heterocycles. The van der Waals surface area contributed by atoms with E-state index in [0.29, 0.717) is 11.4 Å². The molecular weight excluding hydrogens is 302 g/mol. The van der Waals surface area contributed by atoms with Crippen LogP contribution in [0.1, 0.15) is 5.56 Å². The van der Waals surface area contributed by atoms with Gasteiger partial charge in [-0.25, -0.2) is 8.42 Å². The smallest absolute Gasteiger partial charge is 0.261 e. The molecule has 110 valence electrons. The first-order valence-electron chi connectivity index (χ1n) is 6.18. The molecule has 0 radical (unpaired) electrons. The quantitative estimate of drug-likeness (QED) is 0.912. The van der Waals surface area contributed by atoms with E-state index in [0.717, 1.165) is 0 Å². The molecule has 0 saturated heterocycles. The Morgan fingerprint density at radius 3 is 2.45 bits per heavy atom. The third-order valence-electron chi connectivity index (χ3n) is 2.68. The lowest BCUT2D eigenvalue weighted by molar-refractivity contribution is 0.368. The zero-order valence-corrected chi connectivity index (χ0v) is 12.2. The maximum Gasteiger partial charge on any atom is 0.261 e. The summed E-state index contributed by atoms with van der Waals surface area (Å²) in [7, 11) is -3.77. The zero-order chi connectivity index (χ0) is 16.0. The highest BCUT2D eigenvalue weighted by Crippen LogP contribution is 2.20. The van der Waals surface area contributed by atoms with Crippen molar-refractivity contribution < 1.29 is 13.2 Å². The molecule has 0 aliphatic carbocycles. The fourth-order valence-electron chi connectivity index (χ4n) is 1.68. The van der Waals surface area contributed by atoms with Gasteiger partial charge in [-0.05, 0) is 42.5 Å². The molecule has 0 bridgehead atoms. The van der Waals surface area contributed by atoms with Crippen LogP contribution in [0.3, 0.4) is 0 Å². The molecule has 6 nitrogen and oxygen atoms in total. The molecule has 0 aliphatic heterocycles. The van der Waals surface area contributed by atoms with Crippen LogP contribution in [0.2, 0.25) is 0 Å². The van der Waals surface area contributed by atoms with Crippen LogP contribution < -0.4 is 9.46 Å². The van der Waals surface area contributed by atoms with Crippen LogP contribution in [-0.2, 0) is 10.0 Å². The van der Waals surface area contributed by atoms with Crippen LogP contribution in [0.15, 0.2) is 53.4 Å². The van der Waals surface area contributed by atoms with Gasteiger partial charge in [-0.2, -0.15) is 10.5 Å². The van der Waals surface area contributed by atoms with Crippen LogP contribution in [0, 0.1) is 22.7 Å². The maximum absolute atomic E-state index is 12.2. The third-order valence-corrected chi connectivity index (χ3v) is 4.06. The second-order valence-electron chi connectivity index (χ2n) is 4.22. The first-order chi connectivity index (χ1) is 10.5. The summed E-state index contributed by atoms with van der Waals surface area (Å²) in [5.74, 6) is 0.468. The van der Waals surface area contributed by atoms with E-state index in [4.69, 9.17) is 15.3 Å². The predicted molar refractivity (Wildman–Crippen MR) is 79.5 cm³/mol. The van der Waals surface area contributed by atoms with Crippen LogP contribution >= 0.6 is 0 Å². The van der Waals surface area contributed by atoms with Gasteiger partial charge in [-0.3, -0.25) is 4.72 Å². The van der Waals surface area contributed by atoms with E-state index in [1.165, 1.54) is 36.4 Å². The Kier molecular flexibility index (Phi) is 4.62. The molecule has 2 rings (SSSR count). The molecule has 0 spiro atoms. The molecule has 0 heterocycles. The lowest BCUT2D eigenvalue weighted by Gasteiger charge is -2.09. The highest BCUT2D eigenvalue weighted by Gasteiger charge is 2.14. The number of ether oxygens (including phenoxy) is 1. The molecule has 2 aromatic carbocycles. The van der Waals surface area contributed by atoms with Crippen molar-refractivity contribution in [2.45, 2.75) is 4.90 Å². The zero-order valence-electron chi connectivity index (χ0n) is 11.4. The van der Waals surface area contributed by atoms with Gasteiger partial charge in [-0.1, -0.05) is 6.07 Å². The lowest BCUT2D eigenvalue weighted by Crippen LogP contribution is -2.13. The average molecular weight is 313 g/mol. The van der Waals surface area contributed by atoms with Crippen LogP contribution in [0.25, 0.3) is 0 Å². The first-order valence-corrected chi connectivity index (χ1v) is 7.66. The Bertz CT molecular complexity index is 847. The Balaban J connectivity index is 2.18. The van der Waals surface area contributed by atoms with Gasteiger partial charge in [0.15, 0.2) is 6.61 Å². The van der Waals surface area contributed by atoms with Crippen LogP contribution in [-0.4, -0.2) is 15.0 Å². The monoisotopic (exact) mass is 313 g/mol. The summed E-state index contributed by atoms with van der Waals surface area (Å²) >= 11 is 0. The molecular formula is C15H11N3O3S. The number of rotatable bonds is 5. The molecule has 22 heavy (non-hydrogen) atoms. The van der Waals surface area contributed by atoms with Crippen molar-refractivity contribution in [3.63, 3.8) is 0 Å². The van der Waals surface area contributed by atoms with Gasteiger partial charge >= 0.3 is 0 Å². The van der Waals surface area contributed by atoms with Crippen LogP contribution in [0.4, 0.5) is 5.69 Å². The van der Waals surface area contributed by atoms with Crippen molar-refractivity contribution in [3.8, 4) is 17.9 Å². The highest BCUT2D eigenvalue weighted by atomic mass is 32.2. The second-order valence-corrected chi connectivity index (χ2v) is 5.90. The summed E-state index contributed by atoms with van der Waals surface area (Å²) in [5, 5.41) is 17.2. The topological polar surface area (TPSA) is 103 Å². The Hall–Kier alpha value is -3.03. The first kappa shape index (κ1) is 15.4. The van der Waals surface area contributed by atoms with Gasteiger partial charge < -0.3 is 4.74 Å². The van der Waals surface area contributed by atoms with E-state index in [1.54, 1.807) is 12.1 Å². The normalized spacial score (nSPS) is 10.3. The minimum Gasteiger partial charge on any atom is -0.479 e. The number of sulfonamides is 1. The summed E-state index contributed by atoms with van der Waals surface area (Å²) in [4.78, 5) is 0.0105. The molecule has 0 unspecified atom stereocenters. The molecule has 2 aromatic rings. The number of nitrogens with one attached hydrogen (secondary N) is 1. The minimum atomic E-state index is -3.77. The van der Waals surface area contributed by atoms with Crippen molar-refractivity contribution in [3.05, 3.63) is 54.1 Å². The molecule has 0 saturated carbocycles. The summed E-state index contributed by atoms with van der Waals surface area (Å²) in [6.07, 6.45) is 0. The molecule has 0 atom stereocenters. The van der Waals surface area contributed by atoms with E-state index < -0.39 is 10.0 Å². The van der Waals surface area contributed by atoms with Gasteiger partial charge in [0, 0.05) is 5.69 Å². The molecule has 0 amide bonds. The van der Waals surface area contributed by atoms with E-state index in [1.807, 2.05) is 12.1 Å². The van der Waals surface area contributed by atoms with Gasteiger partial charge in [0.25, 0.3) is 10.0 Å². The number of hydrogen-bond donors (Lipinski definition) is 1. The summed E-state index contributed by atoms with van der Waals surface area (Å²) in [5.41, 5.74) is 0.620. The predicted octanol–water partition coefficient (Wildman–Crippen LogP) is 2.26. The third kappa shape index (κ3) is 3.75. The van der Waals surface area contributed by atoms with E-state index >= 15 is 0 Å². The molecule has 0 aliphatic rings. The summed E-state index contributed by atoms with van der Waals surface area (Å²) < 4.78 is 32.0. The van der Waals surface area contributed by atoms with Crippen molar-refractivity contribution in [1.82, 2.24) is 0 Å². The maximum atomic E-state index is 12.2. The van der Waals surface area contributed by atoms with E-state index in [9.17, 15) is 8.42 Å². The Morgan fingerprint density at radius 1 is 1.09 bits per heavy atom. The number of benzene rings is 2. The number of anilines is 1. The van der Waals surface area contributed by atoms with Crippen molar-refractivity contribution in [2.75, 3.05) is 11.3 Å². The van der Waals surface area contributed by atoms with Gasteiger partial charge in [0.05, 0.1) is 16.5 Å². The molecule has 7 heteroatoms. The van der Waals surface area contributed by atoms with Crippen LogP contribution in [0.5, 0.6) is 5.75 Å². The van der Waals surface area contributed by atoms with Gasteiger partial charge in [0.2, 0.25) is 0 Å². The SMILES string of the molecule is N#CCOc1ccc(NS(=O)(=O)c2cccc(C#N)c2)cc1. The highest BCUT2D eigenvalue weighted by molar-refractivity contribution is 7.92. The van der Waals surface area contributed by atoms with Crippen molar-refractivity contribution >= 4 is 15.7 Å². The number of hydrogen-bond acceptors (Lipinski definition) is 5. The minimum absolute atomic E-state index is 0.0105. The number of nitriles is 2. The lowest BCUT2D eigenvalue weighted by atomic mass is 10.2. The fraction of sp³-hybridized carbons (Fsp3) is 0.0667. The second kappa shape index (κ2) is 6.61. The van der Waals surface area contributed by atoms with E-state index in [-0.39, 0.29) is 17.1 Å². The van der Waals surface area contributed by atoms with Crippen molar-refractivity contribution in [2.24, 2.45) is 0 Å². The van der Waals surface area contributed by atoms with Crippen molar-refractivity contribution in [1.29, 1.82) is 10.5 Å². The molecule has 0 fully saturated rings.